The first-order valence-electron chi connectivity index (χ1n) is 8.81. The number of ether oxygens (including phenoxy) is 2. The molecule has 0 radical (unpaired) electrons. The topological polar surface area (TPSA) is 42.8 Å². The van der Waals surface area contributed by atoms with Crippen LogP contribution in [0.15, 0.2) is 65.8 Å². The first-order valence-corrected chi connectivity index (χ1v) is 9.94. The molecule has 150 valence electrons. The van der Waals surface area contributed by atoms with Gasteiger partial charge in [0.2, 0.25) is 0 Å². The predicted octanol–water partition coefficient (Wildman–Crippen LogP) is 6.36. The summed E-state index contributed by atoms with van der Waals surface area (Å²) in [6.45, 7) is 0.824. The van der Waals surface area contributed by atoms with E-state index in [1.54, 1.807) is 43.7 Å². The molecule has 29 heavy (non-hydrogen) atoms. The number of hydrogen-bond donors (Lipinski definition) is 1. The van der Waals surface area contributed by atoms with Crippen LogP contribution in [0.1, 0.15) is 16.7 Å². The highest BCUT2D eigenvalue weighted by Crippen LogP contribution is 2.25. The Kier molecular flexibility index (Phi) is 7.64. The number of benzene rings is 3. The van der Waals surface area contributed by atoms with Crippen LogP contribution in [0.3, 0.4) is 0 Å². The average Bonchev–Trinajstić information content (AvgIpc) is 2.72. The van der Waals surface area contributed by atoms with Gasteiger partial charge in [0.05, 0.1) is 19.9 Å². The van der Waals surface area contributed by atoms with Gasteiger partial charge in [0, 0.05) is 31.8 Å². The summed E-state index contributed by atoms with van der Waals surface area (Å²) in [4.78, 5) is 0. The molecule has 1 N–H and O–H groups in total. The van der Waals surface area contributed by atoms with Gasteiger partial charge >= 0.3 is 0 Å². The average molecular weight is 450 g/mol. The minimum absolute atomic E-state index is 0.299. The molecule has 0 spiro atoms. The molecule has 0 bridgehead atoms. The molecule has 0 fully saturated rings. The number of methoxy groups -OCH3 is 1. The summed E-state index contributed by atoms with van der Waals surface area (Å²) in [6.07, 6.45) is 1.67. The highest BCUT2D eigenvalue weighted by atomic mass is 35.5. The summed E-state index contributed by atoms with van der Waals surface area (Å²) >= 11 is 18.3. The van der Waals surface area contributed by atoms with Crippen molar-refractivity contribution in [2.45, 2.75) is 13.2 Å². The first kappa shape index (κ1) is 21.3. The second kappa shape index (κ2) is 10.4. The molecule has 0 aliphatic carbocycles. The third-order valence-electron chi connectivity index (χ3n) is 4.13. The maximum atomic E-state index is 6.21. The lowest BCUT2D eigenvalue weighted by Gasteiger charge is -2.11. The van der Waals surface area contributed by atoms with Gasteiger partial charge in [0.1, 0.15) is 18.1 Å². The molecule has 0 aliphatic heterocycles. The normalized spacial score (nSPS) is 10.9. The van der Waals surface area contributed by atoms with Crippen molar-refractivity contribution in [2.24, 2.45) is 5.10 Å². The Bertz CT molecular complexity index is 1010. The molecule has 0 atom stereocenters. The molecule has 0 saturated carbocycles. The van der Waals surface area contributed by atoms with Crippen LogP contribution in [-0.2, 0) is 13.2 Å². The van der Waals surface area contributed by atoms with Crippen molar-refractivity contribution in [3.05, 3.63) is 92.4 Å². The third kappa shape index (κ3) is 6.04. The Morgan fingerprint density at radius 3 is 2.45 bits per heavy atom. The van der Waals surface area contributed by atoms with Crippen molar-refractivity contribution < 1.29 is 9.47 Å². The molecular weight excluding hydrogens is 431 g/mol. The van der Waals surface area contributed by atoms with Crippen molar-refractivity contribution in [1.29, 1.82) is 0 Å². The Labute approximate surface area is 185 Å². The summed E-state index contributed by atoms with van der Waals surface area (Å²) in [6, 6.07) is 18.4. The number of halogens is 3. The van der Waals surface area contributed by atoms with Gasteiger partial charge in [-0.25, -0.2) is 0 Å². The SMILES string of the molecule is COc1ccccc1CN/N=C\c1cc(Cl)ccc1OCc1ccc(Cl)cc1Cl. The van der Waals surface area contributed by atoms with E-state index in [1.807, 2.05) is 30.3 Å². The Hall–Kier alpha value is -2.40. The van der Waals surface area contributed by atoms with Gasteiger partial charge in [-0.1, -0.05) is 59.1 Å². The van der Waals surface area contributed by atoms with E-state index < -0.39 is 0 Å². The monoisotopic (exact) mass is 448 g/mol. The van der Waals surface area contributed by atoms with Gasteiger partial charge in [-0.05, 0) is 36.4 Å². The van der Waals surface area contributed by atoms with E-state index in [2.05, 4.69) is 10.5 Å². The maximum Gasteiger partial charge on any atom is 0.128 e. The van der Waals surface area contributed by atoms with E-state index in [-0.39, 0.29) is 0 Å². The van der Waals surface area contributed by atoms with Crippen molar-refractivity contribution in [2.75, 3.05) is 7.11 Å². The molecular formula is C22H19Cl3N2O2. The molecule has 0 saturated heterocycles. The molecule has 3 aromatic carbocycles. The standard InChI is InChI=1S/C22H19Cl3N2O2/c1-28-21-5-3-2-4-15(21)12-26-27-13-17-10-18(23)8-9-22(17)29-14-16-6-7-19(24)11-20(16)25/h2-11,13,26H,12,14H2,1H3/b27-13-. The van der Waals surface area contributed by atoms with Crippen LogP contribution in [0.25, 0.3) is 0 Å². The van der Waals surface area contributed by atoms with Gasteiger partial charge in [-0.2, -0.15) is 5.10 Å². The molecule has 7 heteroatoms. The van der Waals surface area contributed by atoms with Gasteiger partial charge in [-0.3, -0.25) is 0 Å². The van der Waals surface area contributed by atoms with Crippen LogP contribution in [0, 0.1) is 0 Å². The molecule has 0 aromatic heterocycles. The molecule has 0 unspecified atom stereocenters. The zero-order chi connectivity index (χ0) is 20.6. The largest absolute Gasteiger partial charge is 0.496 e. The number of para-hydroxylation sites is 1. The fourth-order valence-electron chi connectivity index (χ4n) is 2.64. The molecule has 3 aromatic rings. The first-order chi connectivity index (χ1) is 14.1. The lowest BCUT2D eigenvalue weighted by molar-refractivity contribution is 0.306. The van der Waals surface area contributed by atoms with Crippen molar-refractivity contribution in [3.63, 3.8) is 0 Å². The molecule has 4 nitrogen and oxygen atoms in total. The number of hydrogen-bond acceptors (Lipinski definition) is 4. The van der Waals surface area contributed by atoms with Gasteiger partial charge < -0.3 is 14.9 Å². The van der Waals surface area contributed by atoms with Crippen LogP contribution >= 0.6 is 34.8 Å². The third-order valence-corrected chi connectivity index (χ3v) is 4.95. The molecule has 0 aliphatic rings. The number of rotatable bonds is 8. The van der Waals surface area contributed by atoms with Crippen LogP contribution in [0.2, 0.25) is 15.1 Å². The fraction of sp³-hybridized carbons (Fsp3) is 0.136. The molecule has 0 amide bonds. The lowest BCUT2D eigenvalue weighted by Crippen LogP contribution is -2.07. The zero-order valence-corrected chi connectivity index (χ0v) is 17.9. The van der Waals surface area contributed by atoms with Crippen molar-refractivity contribution in [3.8, 4) is 11.5 Å². The second-order valence-corrected chi connectivity index (χ2v) is 7.39. The summed E-state index contributed by atoms with van der Waals surface area (Å²) in [5.74, 6) is 1.45. The smallest absolute Gasteiger partial charge is 0.128 e. The van der Waals surface area contributed by atoms with Crippen LogP contribution in [-0.4, -0.2) is 13.3 Å². The minimum Gasteiger partial charge on any atom is -0.496 e. The minimum atomic E-state index is 0.299. The van der Waals surface area contributed by atoms with E-state index in [9.17, 15) is 0 Å². The van der Waals surface area contributed by atoms with E-state index in [0.29, 0.717) is 34.0 Å². The van der Waals surface area contributed by atoms with Crippen molar-refractivity contribution in [1.82, 2.24) is 5.43 Å². The summed E-state index contributed by atoms with van der Waals surface area (Å²) < 4.78 is 11.3. The van der Waals surface area contributed by atoms with Crippen LogP contribution < -0.4 is 14.9 Å². The highest BCUT2D eigenvalue weighted by Gasteiger charge is 2.07. The predicted molar refractivity (Wildman–Crippen MR) is 120 cm³/mol. The zero-order valence-electron chi connectivity index (χ0n) is 15.7. The summed E-state index contributed by atoms with van der Waals surface area (Å²) in [7, 11) is 1.64. The van der Waals surface area contributed by atoms with E-state index in [0.717, 1.165) is 22.4 Å². The molecule has 0 heterocycles. The van der Waals surface area contributed by atoms with E-state index in [4.69, 9.17) is 44.3 Å². The Morgan fingerprint density at radius 1 is 0.897 bits per heavy atom. The maximum absolute atomic E-state index is 6.21. The lowest BCUT2D eigenvalue weighted by atomic mass is 10.2. The van der Waals surface area contributed by atoms with Crippen molar-refractivity contribution >= 4 is 41.0 Å². The van der Waals surface area contributed by atoms with Gasteiger partial charge in [0.25, 0.3) is 0 Å². The van der Waals surface area contributed by atoms with Gasteiger partial charge in [-0.15, -0.1) is 0 Å². The quantitative estimate of drug-likeness (QED) is 0.321. The molecule has 3 rings (SSSR count). The second-order valence-electron chi connectivity index (χ2n) is 6.11. The number of hydrazone groups is 1. The summed E-state index contributed by atoms with van der Waals surface area (Å²) in [5.41, 5.74) is 5.60. The Morgan fingerprint density at radius 2 is 1.66 bits per heavy atom. The summed E-state index contributed by atoms with van der Waals surface area (Å²) in [5, 5.41) is 6.01. The van der Waals surface area contributed by atoms with Crippen LogP contribution in [0.5, 0.6) is 11.5 Å². The number of nitrogens with zero attached hydrogens (tertiary/aromatic N) is 1. The highest BCUT2D eigenvalue weighted by molar-refractivity contribution is 6.35. The van der Waals surface area contributed by atoms with E-state index >= 15 is 0 Å². The fourth-order valence-corrected chi connectivity index (χ4v) is 3.28. The van der Waals surface area contributed by atoms with E-state index in [1.165, 1.54) is 0 Å². The van der Waals surface area contributed by atoms with Crippen LogP contribution in [0.4, 0.5) is 0 Å². The number of nitrogens with one attached hydrogen (secondary N) is 1. The van der Waals surface area contributed by atoms with Gasteiger partial charge in [0.15, 0.2) is 0 Å². The Balaban J connectivity index is 1.67.